The number of nitrogens with zero attached hydrogens (tertiary/aromatic N) is 1. The molecular formula is C50H100KNO2. The van der Waals surface area contributed by atoms with Crippen LogP contribution < -0.4 is 56.5 Å². The Kier molecular flexibility index (Phi) is 55.1. The number of rotatable bonds is 48. The molecule has 0 unspecified atom stereocenters. The van der Waals surface area contributed by atoms with Crippen LogP contribution in [0.2, 0.25) is 0 Å². The molecule has 0 N–H and O–H groups in total. The average Bonchev–Trinajstić information content (AvgIpc) is 3.15. The molecule has 3 nitrogen and oxygen atoms in total. The summed E-state index contributed by atoms with van der Waals surface area (Å²) in [5.41, 5.74) is 0. The SMILES string of the molecule is CCCCCCCCCCCCCCCCCCCCCCCCN(CCCCCCCCCCCCCCCCCCCCCCCC)CC(=O)[O-].[K+]. The van der Waals surface area contributed by atoms with E-state index in [2.05, 4.69) is 18.7 Å². The Morgan fingerprint density at radius 2 is 0.444 bits per heavy atom. The van der Waals surface area contributed by atoms with Gasteiger partial charge in [-0.2, -0.15) is 0 Å². The fourth-order valence-corrected chi connectivity index (χ4v) is 8.34. The van der Waals surface area contributed by atoms with Crippen LogP contribution in [0.4, 0.5) is 0 Å². The second-order valence-electron chi connectivity index (χ2n) is 17.5. The van der Waals surface area contributed by atoms with Gasteiger partial charge in [-0.25, -0.2) is 0 Å². The van der Waals surface area contributed by atoms with Gasteiger partial charge in [0, 0.05) is 6.54 Å². The van der Waals surface area contributed by atoms with E-state index in [0.717, 1.165) is 25.9 Å². The van der Waals surface area contributed by atoms with E-state index in [1.807, 2.05) is 0 Å². The van der Waals surface area contributed by atoms with Crippen LogP contribution in [-0.2, 0) is 4.79 Å². The van der Waals surface area contributed by atoms with E-state index in [4.69, 9.17) is 0 Å². The standard InChI is InChI=1S/C50H101NO2.K/c1-3-5-7-9-11-13-15-17-19-21-23-25-27-29-31-33-35-37-39-41-43-45-47-51(49-50(52)53)48-46-44-42-40-38-36-34-32-30-28-26-24-22-20-18-16-14-12-10-8-6-4-2;/h3-49H2,1-2H3,(H,52,53);/q;+1/p-1. The molecule has 0 aromatic heterocycles. The first-order valence-electron chi connectivity index (χ1n) is 25.1. The first kappa shape index (κ1) is 57.2. The Labute approximate surface area is 384 Å². The molecule has 0 aliphatic heterocycles. The number of hydrogen-bond donors (Lipinski definition) is 0. The van der Waals surface area contributed by atoms with Crippen LogP contribution in [0.25, 0.3) is 0 Å². The van der Waals surface area contributed by atoms with Crippen LogP contribution in [0.1, 0.15) is 296 Å². The fourth-order valence-electron chi connectivity index (χ4n) is 8.34. The zero-order valence-electron chi connectivity index (χ0n) is 38.0. The van der Waals surface area contributed by atoms with Crippen molar-refractivity contribution in [3.05, 3.63) is 0 Å². The molecule has 54 heavy (non-hydrogen) atoms. The number of aliphatic carboxylic acids is 1. The van der Waals surface area contributed by atoms with E-state index in [0.29, 0.717) is 0 Å². The van der Waals surface area contributed by atoms with Gasteiger partial charge in [-0.1, -0.05) is 284 Å². The van der Waals surface area contributed by atoms with E-state index in [9.17, 15) is 9.90 Å². The summed E-state index contributed by atoms with van der Waals surface area (Å²) in [7, 11) is 0. The summed E-state index contributed by atoms with van der Waals surface area (Å²) in [6, 6.07) is 0. The van der Waals surface area contributed by atoms with Gasteiger partial charge < -0.3 is 9.90 Å². The topological polar surface area (TPSA) is 43.4 Å². The molecule has 0 saturated heterocycles. The summed E-state index contributed by atoms with van der Waals surface area (Å²) in [6.45, 7) is 6.56. The van der Waals surface area contributed by atoms with E-state index < -0.39 is 5.97 Å². The summed E-state index contributed by atoms with van der Waals surface area (Å²) < 4.78 is 0. The van der Waals surface area contributed by atoms with E-state index in [-0.39, 0.29) is 57.9 Å². The molecule has 0 rings (SSSR count). The summed E-state index contributed by atoms with van der Waals surface area (Å²) in [4.78, 5) is 13.4. The monoisotopic (exact) mass is 786 g/mol. The van der Waals surface area contributed by atoms with Crippen molar-refractivity contribution in [3.63, 3.8) is 0 Å². The predicted octanol–water partition coefficient (Wildman–Crippen LogP) is 13.2. The molecule has 0 aliphatic carbocycles. The molecule has 0 saturated carbocycles. The van der Waals surface area contributed by atoms with Crippen molar-refractivity contribution in [2.75, 3.05) is 19.6 Å². The maximum absolute atomic E-state index is 11.3. The van der Waals surface area contributed by atoms with Crippen molar-refractivity contribution in [2.45, 2.75) is 296 Å². The maximum atomic E-state index is 11.3. The number of carboxylic acid groups (broad SMARTS) is 1. The molecule has 0 spiro atoms. The van der Waals surface area contributed by atoms with Gasteiger partial charge in [-0.15, -0.1) is 0 Å². The Hall–Kier alpha value is 1.07. The zero-order chi connectivity index (χ0) is 38.4. The predicted molar refractivity (Wildman–Crippen MR) is 236 cm³/mol. The minimum absolute atomic E-state index is 0. The van der Waals surface area contributed by atoms with Gasteiger partial charge in [-0.3, -0.25) is 4.90 Å². The number of carboxylic acids is 1. The third kappa shape index (κ3) is 51.1. The number of unbranched alkanes of at least 4 members (excludes halogenated alkanes) is 42. The van der Waals surface area contributed by atoms with Crippen molar-refractivity contribution in [3.8, 4) is 0 Å². The van der Waals surface area contributed by atoms with Gasteiger partial charge in [0.05, 0.1) is 5.97 Å². The van der Waals surface area contributed by atoms with Crippen LogP contribution in [-0.4, -0.2) is 30.5 Å². The first-order chi connectivity index (χ1) is 26.2. The molecule has 0 aromatic carbocycles. The Morgan fingerprint density at radius 1 is 0.296 bits per heavy atom. The Morgan fingerprint density at radius 3 is 0.593 bits per heavy atom. The number of carbonyl (C=O) groups is 1. The molecule has 0 aromatic rings. The molecule has 0 fully saturated rings. The summed E-state index contributed by atoms with van der Waals surface area (Å²) in [6.07, 6.45) is 61.8. The number of carbonyl (C=O) groups excluding carboxylic acids is 1. The minimum Gasteiger partial charge on any atom is -0.549 e. The molecular weight excluding hydrogens is 686 g/mol. The minimum atomic E-state index is -0.914. The van der Waals surface area contributed by atoms with Gasteiger partial charge in [-0.05, 0) is 25.9 Å². The molecule has 0 bridgehead atoms. The van der Waals surface area contributed by atoms with Crippen molar-refractivity contribution >= 4 is 5.97 Å². The Balaban J connectivity index is 0. The van der Waals surface area contributed by atoms with E-state index in [1.54, 1.807) is 0 Å². The quantitative estimate of drug-likeness (QED) is 0.0456. The molecule has 0 heterocycles. The molecule has 0 amide bonds. The third-order valence-corrected chi connectivity index (χ3v) is 12.0. The summed E-state index contributed by atoms with van der Waals surface area (Å²) in [5.74, 6) is -0.914. The zero-order valence-corrected chi connectivity index (χ0v) is 41.1. The smallest absolute Gasteiger partial charge is 0.549 e. The van der Waals surface area contributed by atoms with Gasteiger partial charge in [0.1, 0.15) is 0 Å². The van der Waals surface area contributed by atoms with Crippen molar-refractivity contribution in [2.24, 2.45) is 0 Å². The Bertz CT molecular complexity index is 625. The van der Waals surface area contributed by atoms with Gasteiger partial charge in [0.25, 0.3) is 0 Å². The third-order valence-electron chi connectivity index (χ3n) is 12.0. The van der Waals surface area contributed by atoms with E-state index in [1.165, 1.54) is 270 Å². The van der Waals surface area contributed by atoms with Gasteiger partial charge in [0.15, 0.2) is 0 Å². The normalized spacial score (nSPS) is 11.5. The van der Waals surface area contributed by atoms with Gasteiger partial charge in [0.2, 0.25) is 0 Å². The molecule has 318 valence electrons. The average molecular weight is 786 g/mol. The second-order valence-corrected chi connectivity index (χ2v) is 17.5. The first-order valence-corrected chi connectivity index (χ1v) is 25.1. The van der Waals surface area contributed by atoms with E-state index >= 15 is 0 Å². The molecule has 0 aliphatic rings. The van der Waals surface area contributed by atoms with Crippen LogP contribution in [0, 0.1) is 0 Å². The van der Waals surface area contributed by atoms with Gasteiger partial charge >= 0.3 is 51.4 Å². The number of hydrogen-bond acceptors (Lipinski definition) is 3. The molecule has 0 atom stereocenters. The van der Waals surface area contributed by atoms with Crippen molar-refractivity contribution in [1.29, 1.82) is 0 Å². The van der Waals surface area contributed by atoms with Crippen LogP contribution >= 0.6 is 0 Å². The second kappa shape index (κ2) is 52.1. The summed E-state index contributed by atoms with van der Waals surface area (Å²) >= 11 is 0. The maximum Gasteiger partial charge on any atom is 1.00 e. The van der Waals surface area contributed by atoms with Crippen LogP contribution in [0.15, 0.2) is 0 Å². The molecule has 4 heteroatoms. The fraction of sp³-hybridized carbons (Fsp3) is 0.980. The molecule has 0 radical (unpaired) electrons. The van der Waals surface area contributed by atoms with Crippen molar-refractivity contribution < 1.29 is 61.3 Å². The van der Waals surface area contributed by atoms with Crippen molar-refractivity contribution in [1.82, 2.24) is 4.90 Å². The largest absolute Gasteiger partial charge is 1.00 e. The summed E-state index contributed by atoms with van der Waals surface area (Å²) in [5, 5.41) is 11.3. The van der Waals surface area contributed by atoms with Crippen LogP contribution in [0.5, 0.6) is 0 Å². The van der Waals surface area contributed by atoms with Crippen LogP contribution in [0.3, 0.4) is 0 Å².